The number of esters is 1. The first-order valence-electron chi connectivity index (χ1n) is 5.70. The van der Waals surface area contributed by atoms with Crippen molar-refractivity contribution >= 4 is 11.8 Å². The lowest BCUT2D eigenvalue weighted by atomic mass is 9.87. The maximum Gasteiger partial charge on any atom is 0.379 e. The Morgan fingerprint density at radius 2 is 1.88 bits per heavy atom. The Hall–Kier alpha value is -1.64. The van der Waals surface area contributed by atoms with E-state index in [1.807, 2.05) is 12.1 Å². The van der Waals surface area contributed by atoms with Crippen LogP contribution in [0.1, 0.15) is 39.7 Å². The van der Waals surface area contributed by atoms with Crippen LogP contribution in [-0.4, -0.2) is 11.8 Å². The summed E-state index contributed by atoms with van der Waals surface area (Å²) in [7, 11) is 0. The Morgan fingerprint density at radius 3 is 2.41 bits per heavy atom. The van der Waals surface area contributed by atoms with Gasteiger partial charge in [-0.05, 0) is 23.1 Å². The largest absolute Gasteiger partial charge is 0.421 e. The molecule has 0 bridgehead atoms. The zero-order valence-corrected chi connectivity index (χ0v) is 10.7. The van der Waals surface area contributed by atoms with Crippen LogP contribution < -0.4 is 4.74 Å². The van der Waals surface area contributed by atoms with Crippen LogP contribution >= 0.6 is 0 Å². The molecule has 92 valence electrons. The van der Waals surface area contributed by atoms with Gasteiger partial charge in [0.25, 0.3) is 0 Å². The molecule has 0 saturated carbocycles. The average molecular weight is 234 g/mol. The summed E-state index contributed by atoms with van der Waals surface area (Å²) >= 11 is 0. The van der Waals surface area contributed by atoms with Gasteiger partial charge in [-0.2, -0.15) is 0 Å². The Labute approximate surface area is 102 Å². The van der Waals surface area contributed by atoms with E-state index in [1.165, 1.54) is 0 Å². The van der Waals surface area contributed by atoms with Gasteiger partial charge >= 0.3 is 5.97 Å². The molecule has 0 fully saturated rings. The van der Waals surface area contributed by atoms with Gasteiger partial charge in [-0.3, -0.25) is 4.79 Å². The van der Waals surface area contributed by atoms with Crippen molar-refractivity contribution in [3.8, 4) is 5.75 Å². The molecule has 0 aliphatic rings. The highest BCUT2D eigenvalue weighted by molar-refractivity contribution is 6.34. The molecule has 0 spiro atoms. The molecule has 1 aromatic carbocycles. The smallest absolute Gasteiger partial charge is 0.379 e. The summed E-state index contributed by atoms with van der Waals surface area (Å²) in [6, 6.07) is 7.26. The molecule has 0 aliphatic carbocycles. The number of hydrogen-bond acceptors (Lipinski definition) is 3. The molecule has 0 N–H and O–H groups in total. The molecule has 0 amide bonds. The normalized spacial score (nSPS) is 11.1. The van der Waals surface area contributed by atoms with Crippen LogP contribution in [0.5, 0.6) is 5.75 Å². The van der Waals surface area contributed by atoms with E-state index in [0.717, 1.165) is 5.56 Å². The number of rotatable bonds is 3. The summed E-state index contributed by atoms with van der Waals surface area (Å²) in [5.74, 6) is -0.881. The molecular weight excluding hydrogens is 216 g/mol. The zero-order valence-electron chi connectivity index (χ0n) is 10.7. The molecule has 0 aromatic heterocycles. The molecule has 1 aromatic rings. The molecule has 1 rings (SSSR count). The van der Waals surface area contributed by atoms with Gasteiger partial charge in [-0.15, -0.1) is 0 Å². The average Bonchev–Trinajstić information content (AvgIpc) is 2.27. The van der Waals surface area contributed by atoms with Gasteiger partial charge < -0.3 is 4.74 Å². The summed E-state index contributed by atoms with van der Waals surface area (Å²) in [5, 5.41) is 0. The highest BCUT2D eigenvalue weighted by Crippen LogP contribution is 2.25. The molecule has 0 aliphatic heterocycles. The number of benzene rings is 1. The van der Waals surface area contributed by atoms with E-state index in [9.17, 15) is 9.59 Å². The van der Waals surface area contributed by atoms with E-state index in [2.05, 4.69) is 20.8 Å². The lowest BCUT2D eigenvalue weighted by Gasteiger charge is -2.19. The molecule has 0 atom stereocenters. The lowest BCUT2D eigenvalue weighted by Crippen LogP contribution is -2.19. The Bertz CT molecular complexity index is 427. The van der Waals surface area contributed by atoms with Crippen LogP contribution in [0, 0.1) is 0 Å². The van der Waals surface area contributed by atoms with Crippen LogP contribution in [0.4, 0.5) is 0 Å². The second kappa shape index (κ2) is 5.13. The maximum absolute atomic E-state index is 11.3. The van der Waals surface area contributed by atoms with E-state index in [0.29, 0.717) is 5.75 Å². The predicted molar refractivity (Wildman–Crippen MR) is 66.1 cm³/mol. The van der Waals surface area contributed by atoms with Crippen molar-refractivity contribution in [2.24, 2.45) is 0 Å². The predicted octanol–water partition coefficient (Wildman–Crippen LogP) is 2.87. The van der Waals surface area contributed by atoms with Gasteiger partial charge in [0.2, 0.25) is 5.78 Å². The molecule has 3 nitrogen and oxygen atoms in total. The van der Waals surface area contributed by atoms with Crippen molar-refractivity contribution < 1.29 is 14.3 Å². The van der Waals surface area contributed by atoms with Crippen LogP contribution in [-0.2, 0) is 15.0 Å². The molecule has 3 heteroatoms. The Kier molecular flexibility index (Phi) is 4.05. The first-order chi connectivity index (χ1) is 7.84. The molecule has 17 heavy (non-hydrogen) atoms. The quantitative estimate of drug-likeness (QED) is 0.459. The van der Waals surface area contributed by atoms with E-state index < -0.39 is 11.8 Å². The number of ketones is 1. The minimum absolute atomic E-state index is 0.0167. The highest BCUT2D eigenvalue weighted by Gasteiger charge is 2.17. The van der Waals surface area contributed by atoms with Crippen LogP contribution in [0.25, 0.3) is 0 Å². The minimum Gasteiger partial charge on any atom is -0.421 e. The van der Waals surface area contributed by atoms with Crippen molar-refractivity contribution in [2.75, 3.05) is 0 Å². The second-order valence-corrected chi connectivity index (χ2v) is 4.94. The molecule has 0 unspecified atom stereocenters. The third kappa shape index (κ3) is 3.70. The number of carbonyl (C=O) groups excluding carboxylic acids is 2. The number of ether oxygens (including phenoxy) is 1. The third-order valence-corrected chi connectivity index (χ3v) is 2.46. The topological polar surface area (TPSA) is 43.4 Å². The fourth-order valence-corrected chi connectivity index (χ4v) is 1.33. The molecule has 0 radical (unpaired) electrons. The van der Waals surface area contributed by atoms with E-state index >= 15 is 0 Å². The summed E-state index contributed by atoms with van der Waals surface area (Å²) in [6.07, 6.45) is 0.164. The standard InChI is InChI=1S/C14H18O3/c1-5-12(15)13(16)17-11-8-6-7-10(9-11)14(2,3)4/h6-9H,5H2,1-4H3. The number of hydrogen-bond donors (Lipinski definition) is 0. The van der Waals surface area contributed by atoms with Crippen molar-refractivity contribution in [1.82, 2.24) is 0 Å². The van der Waals surface area contributed by atoms with E-state index in [-0.39, 0.29) is 11.8 Å². The Morgan fingerprint density at radius 1 is 1.24 bits per heavy atom. The van der Waals surface area contributed by atoms with Crippen LogP contribution in [0.3, 0.4) is 0 Å². The monoisotopic (exact) mass is 234 g/mol. The molecule has 0 heterocycles. The van der Waals surface area contributed by atoms with Gasteiger partial charge in [-0.1, -0.05) is 39.8 Å². The van der Waals surface area contributed by atoms with Gasteiger partial charge in [0.15, 0.2) is 0 Å². The maximum atomic E-state index is 11.3. The lowest BCUT2D eigenvalue weighted by molar-refractivity contribution is -0.146. The van der Waals surface area contributed by atoms with Crippen molar-refractivity contribution in [3.05, 3.63) is 29.8 Å². The number of Topliss-reactive ketones (excluding diaryl/α,β-unsaturated/α-hetero) is 1. The van der Waals surface area contributed by atoms with Gasteiger partial charge in [0.1, 0.15) is 5.75 Å². The zero-order chi connectivity index (χ0) is 13.1. The van der Waals surface area contributed by atoms with Crippen molar-refractivity contribution in [1.29, 1.82) is 0 Å². The molecule has 0 saturated heterocycles. The first kappa shape index (κ1) is 13.4. The van der Waals surface area contributed by atoms with Gasteiger partial charge in [-0.25, -0.2) is 4.79 Å². The van der Waals surface area contributed by atoms with Gasteiger partial charge in [0.05, 0.1) is 0 Å². The first-order valence-corrected chi connectivity index (χ1v) is 5.70. The van der Waals surface area contributed by atoms with E-state index in [1.54, 1.807) is 19.1 Å². The highest BCUT2D eigenvalue weighted by atomic mass is 16.5. The summed E-state index contributed by atoms with van der Waals surface area (Å²) in [6.45, 7) is 7.86. The SMILES string of the molecule is CCC(=O)C(=O)Oc1cccc(C(C)(C)C)c1. The fourth-order valence-electron chi connectivity index (χ4n) is 1.33. The summed E-state index contributed by atoms with van der Waals surface area (Å²) < 4.78 is 5.01. The van der Waals surface area contributed by atoms with Crippen LogP contribution in [0.15, 0.2) is 24.3 Å². The minimum atomic E-state index is -0.793. The van der Waals surface area contributed by atoms with Crippen molar-refractivity contribution in [3.63, 3.8) is 0 Å². The Balaban J connectivity index is 2.87. The summed E-state index contributed by atoms with van der Waals surface area (Å²) in [4.78, 5) is 22.5. The summed E-state index contributed by atoms with van der Waals surface area (Å²) in [5.41, 5.74) is 1.05. The molecular formula is C14H18O3. The number of carbonyl (C=O) groups is 2. The van der Waals surface area contributed by atoms with E-state index in [4.69, 9.17) is 4.74 Å². The fraction of sp³-hybridized carbons (Fsp3) is 0.429. The van der Waals surface area contributed by atoms with Crippen LogP contribution in [0.2, 0.25) is 0 Å². The van der Waals surface area contributed by atoms with Gasteiger partial charge in [0, 0.05) is 6.42 Å². The third-order valence-electron chi connectivity index (χ3n) is 2.46. The van der Waals surface area contributed by atoms with Crippen molar-refractivity contribution in [2.45, 2.75) is 39.5 Å². The second-order valence-electron chi connectivity index (χ2n) is 4.94.